The van der Waals surface area contributed by atoms with E-state index in [2.05, 4.69) is 39.4 Å². The molecule has 5 heterocycles. The Bertz CT molecular complexity index is 802. The molecule has 0 aliphatic carbocycles. The highest BCUT2D eigenvalue weighted by molar-refractivity contribution is 5.69. The van der Waals surface area contributed by atoms with Crippen molar-refractivity contribution < 1.29 is 14.3 Å². The maximum atomic E-state index is 12.8. The number of carbonyl (C=O) groups excluding carboxylic acids is 1. The summed E-state index contributed by atoms with van der Waals surface area (Å²) in [6.07, 6.45) is 7.64. The molecule has 1 aromatic rings. The van der Waals surface area contributed by atoms with Gasteiger partial charge in [-0.1, -0.05) is 24.3 Å². The van der Waals surface area contributed by atoms with Crippen molar-refractivity contribution in [1.29, 1.82) is 0 Å². The lowest BCUT2D eigenvalue weighted by Gasteiger charge is -2.49. The van der Waals surface area contributed by atoms with Gasteiger partial charge in [0.05, 0.1) is 13.2 Å². The fourth-order valence-corrected chi connectivity index (χ4v) is 7.04. The number of likely N-dealkylation sites (tertiary alicyclic amines) is 1. The molecule has 1 N–H and O–H groups in total. The van der Waals surface area contributed by atoms with E-state index >= 15 is 0 Å². The van der Waals surface area contributed by atoms with Gasteiger partial charge in [-0.3, -0.25) is 0 Å². The van der Waals surface area contributed by atoms with Crippen LogP contribution >= 0.6 is 0 Å². The van der Waals surface area contributed by atoms with Gasteiger partial charge in [0, 0.05) is 43.1 Å². The molecule has 4 fully saturated rings. The summed E-state index contributed by atoms with van der Waals surface area (Å²) in [6, 6.07) is 10.4. The van der Waals surface area contributed by atoms with E-state index in [9.17, 15) is 4.79 Å². The number of nitrogens with one attached hydrogen (secondary N) is 1. The van der Waals surface area contributed by atoms with Crippen LogP contribution < -0.4 is 5.32 Å². The minimum Gasteiger partial charge on any atom is -0.444 e. The van der Waals surface area contributed by atoms with Crippen LogP contribution in [0.25, 0.3) is 0 Å². The van der Waals surface area contributed by atoms with E-state index in [4.69, 9.17) is 9.47 Å². The van der Waals surface area contributed by atoms with E-state index in [0.29, 0.717) is 36.8 Å². The molecular formula is C25H35N3O3. The summed E-state index contributed by atoms with van der Waals surface area (Å²) in [5, 5.41) is 3.68. The molecule has 1 spiro atoms. The van der Waals surface area contributed by atoms with Crippen molar-refractivity contribution >= 4 is 6.09 Å². The summed E-state index contributed by atoms with van der Waals surface area (Å²) in [6.45, 7) is 5.73. The van der Waals surface area contributed by atoms with Crippen LogP contribution in [-0.4, -0.2) is 73.0 Å². The number of rotatable bonds is 2. The van der Waals surface area contributed by atoms with Gasteiger partial charge in [-0.25, -0.2) is 4.79 Å². The molecular weight excluding hydrogens is 390 g/mol. The first-order valence-electron chi connectivity index (χ1n) is 12.3. The molecule has 2 unspecified atom stereocenters. The lowest BCUT2D eigenvalue weighted by atomic mass is 9.69. The number of ether oxygens (including phenoxy) is 2. The predicted octanol–water partition coefficient (Wildman–Crippen LogP) is 3.04. The van der Waals surface area contributed by atoms with Crippen LogP contribution in [0.5, 0.6) is 0 Å². The average molecular weight is 426 g/mol. The Morgan fingerprint density at radius 3 is 2.58 bits per heavy atom. The highest BCUT2D eigenvalue weighted by Gasteiger charge is 2.47. The second-order valence-electron chi connectivity index (χ2n) is 10.4. The third kappa shape index (κ3) is 3.57. The van der Waals surface area contributed by atoms with Crippen molar-refractivity contribution in [3.8, 4) is 0 Å². The quantitative estimate of drug-likeness (QED) is 0.789. The average Bonchev–Trinajstić information content (AvgIpc) is 3.40. The molecule has 0 radical (unpaired) electrons. The van der Waals surface area contributed by atoms with Crippen molar-refractivity contribution in [2.75, 3.05) is 32.8 Å². The Morgan fingerprint density at radius 1 is 1.06 bits per heavy atom. The monoisotopic (exact) mass is 425 g/mol. The number of hydrogen-bond acceptors (Lipinski definition) is 5. The molecule has 6 heteroatoms. The van der Waals surface area contributed by atoms with E-state index in [1.54, 1.807) is 5.56 Å². The Labute approximate surface area is 185 Å². The SMILES string of the molecule is O=C(O[C@@H]1CCOC1)N1C2CCC1CC(N1CCC3(CC1)CNCc1ccccc13)C2. The van der Waals surface area contributed by atoms with Crippen LogP contribution in [-0.2, 0) is 21.4 Å². The van der Waals surface area contributed by atoms with Gasteiger partial charge >= 0.3 is 6.09 Å². The van der Waals surface area contributed by atoms with Gasteiger partial charge in [0.15, 0.2) is 0 Å². The molecule has 168 valence electrons. The summed E-state index contributed by atoms with van der Waals surface area (Å²) in [7, 11) is 0. The Kier molecular flexibility index (Phi) is 5.20. The lowest BCUT2D eigenvalue weighted by molar-refractivity contribution is 0.00872. The number of hydrogen-bond donors (Lipinski definition) is 1. The van der Waals surface area contributed by atoms with Crippen molar-refractivity contribution in [2.24, 2.45) is 0 Å². The van der Waals surface area contributed by atoms with Crippen molar-refractivity contribution in [3.63, 3.8) is 0 Å². The number of fused-ring (bicyclic) bond motifs is 4. The topological polar surface area (TPSA) is 54.0 Å². The van der Waals surface area contributed by atoms with Gasteiger partial charge in [0.25, 0.3) is 0 Å². The van der Waals surface area contributed by atoms with Crippen LogP contribution in [0.15, 0.2) is 24.3 Å². The fourth-order valence-electron chi connectivity index (χ4n) is 7.04. The van der Waals surface area contributed by atoms with Crippen LogP contribution in [0.2, 0.25) is 0 Å². The zero-order valence-electron chi connectivity index (χ0n) is 18.4. The Hall–Kier alpha value is -1.63. The molecule has 1 amide bonds. The van der Waals surface area contributed by atoms with E-state index in [-0.39, 0.29) is 12.2 Å². The van der Waals surface area contributed by atoms with Gasteiger partial charge in [-0.15, -0.1) is 0 Å². The van der Waals surface area contributed by atoms with Crippen LogP contribution in [0.4, 0.5) is 4.79 Å². The number of nitrogens with zero attached hydrogens (tertiary/aromatic N) is 2. The molecule has 6 nitrogen and oxygen atoms in total. The normalized spacial score (nSPS) is 34.6. The van der Waals surface area contributed by atoms with Gasteiger partial charge in [-0.05, 0) is 62.7 Å². The first kappa shape index (κ1) is 20.0. The predicted molar refractivity (Wildman–Crippen MR) is 118 cm³/mol. The second kappa shape index (κ2) is 8.05. The molecule has 5 aliphatic rings. The maximum Gasteiger partial charge on any atom is 0.410 e. The lowest BCUT2D eigenvalue weighted by Crippen LogP contribution is -2.57. The molecule has 6 rings (SSSR count). The first-order valence-corrected chi connectivity index (χ1v) is 12.3. The zero-order chi connectivity index (χ0) is 20.8. The van der Waals surface area contributed by atoms with E-state index in [0.717, 1.165) is 45.2 Å². The largest absolute Gasteiger partial charge is 0.444 e. The molecule has 0 saturated carbocycles. The summed E-state index contributed by atoms with van der Waals surface area (Å²) >= 11 is 0. The van der Waals surface area contributed by atoms with Crippen LogP contribution in [0.3, 0.4) is 0 Å². The third-order valence-electron chi connectivity index (χ3n) is 8.71. The molecule has 3 atom stereocenters. The van der Waals surface area contributed by atoms with Gasteiger partial charge < -0.3 is 24.6 Å². The molecule has 2 bridgehead atoms. The zero-order valence-corrected chi connectivity index (χ0v) is 18.4. The summed E-state index contributed by atoms with van der Waals surface area (Å²) in [5.74, 6) is 0. The smallest absolute Gasteiger partial charge is 0.410 e. The van der Waals surface area contributed by atoms with E-state index in [1.165, 1.54) is 31.5 Å². The fraction of sp³-hybridized carbons (Fsp3) is 0.720. The number of piperidine rings is 2. The first-order chi connectivity index (χ1) is 15.2. The second-order valence-corrected chi connectivity index (χ2v) is 10.4. The minimum absolute atomic E-state index is 0.0464. The molecule has 5 aliphatic heterocycles. The van der Waals surface area contributed by atoms with Crippen LogP contribution in [0.1, 0.15) is 56.1 Å². The van der Waals surface area contributed by atoms with Gasteiger partial charge in [0.1, 0.15) is 6.10 Å². The van der Waals surface area contributed by atoms with Crippen LogP contribution in [0, 0.1) is 0 Å². The number of benzene rings is 1. The Morgan fingerprint density at radius 2 is 1.84 bits per heavy atom. The number of carbonyl (C=O) groups is 1. The maximum absolute atomic E-state index is 12.8. The van der Waals surface area contributed by atoms with Gasteiger partial charge in [0.2, 0.25) is 0 Å². The Balaban J connectivity index is 1.09. The molecule has 0 aromatic heterocycles. The third-order valence-corrected chi connectivity index (χ3v) is 8.71. The standard InChI is InChI=1S/C25H35N3O3/c29-24(31-22-7-12-30-16-22)28-19-5-6-20(28)14-21(13-19)27-10-8-25(9-11-27)17-26-15-18-3-1-2-4-23(18)25/h1-4,19-22,26H,5-17H2/t19?,20?,21?,22-/m1/s1. The molecule has 1 aromatic carbocycles. The van der Waals surface area contributed by atoms with Crippen molar-refractivity contribution in [1.82, 2.24) is 15.1 Å². The summed E-state index contributed by atoms with van der Waals surface area (Å²) in [5.41, 5.74) is 3.37. The van der Waals surface area contributed by atoms with Crippen molar-refractivity contribution in [2.45, 2.75) is 81.1 Å². The highest BCUT2D eigenvalue weighted by Crippen LogP contribution is 2.43. The summed E-state index contributed by atoms with van der Waals surface area (Å²) in [4.78, 5) is 17.7. The molecule has 31 heavy (non-hydrogen) atoms. The van der Waals surface area contributed by atoms with E-state index < -0.39 is 0 Å². The van der Waals surface area contributed by atoms with Gasteiger partial charge in [-0.2, -0.15) is 0 Å². The highest BCUT2D eigenvalue weighted by atomic mass is 16.6. The molecule has 4 saturated heterocycles. The number of amides is 1. The van der Waals surface area contributed by atoms with E-state index in [1.807, 2.05) is 0 Å². The van der Waals surface area contributed by atoms with Crippen molar-refractivity contribution in [3.05, 3.63) is 35.4 Å². The summed E-state index contributed by atoms with van der Waals surface area (Å²) < 4.78 is 11.1. The minimum atomic E-state index is -0.0936.